The maximum absolute atomic E-state index is 7.36. The van der Waals surface area contributed by atoms with Gasteiger partial charge in [0, 0.05) is 27.0 Å². The number of aromatic nitrogens is 1. The average molecular weight is 357 g/mol. The summed E-state index contributed by atoms with van der Waals surface area (Å²) in [5, 5.41) is 8.91. The number of amidine groups is 1. The number of thioether (sulfide) groups is 1. The lowest BCUT2D eigenvalue weighted by Gasteiger charge is -2.07. The molecule has 0 bridgehead atoms. The topological polar surface area (TPSA) is 62.8 Å². The molecule has 0 aliphatic heterocycles. The summed E-state index contributed by atoms with van der Waals surface area (Å²) in [4.78, 5) is 4.29. The van der Waals surface area contributed by atoms with Gasteiger partial charge >= 0.3 is 0 Å². The van der Waals surface area contributed by atoms with E-state index in [-0.39, 0.29) is 5.84 Å². The van der Waals surface area contributed by atoms with Gasteiger partial charge in [-0.15, -0.1) is 11.8 Å². The number of hydrogen-bond donors (Lipinski definition) is 2. The Bertz CT molecular complexity index is 619. The fourth-order valence-corrected chi connectivity index (χ4v) is 3.27. The van der Waals surface area contributed by atoms with Crippen LogP contribution in [0.2, 0.25) is 5.02 Å². The van der Waals surface area contributed by atoms with E-state index in [1.807, 2.05) is 18.2 Å². The molecule has 2 aromatic rings. The summed E-state index contributed by atoms with van der Waals surface area (Å²) in [6, 6.07) is 9.24. The molecule has 0 amide bonds. The molecule has 0 spiro atoms. The number of nitrogen functional groups attached to an aromatic ring is 1. The van der Waals surface area contributed by atoms with Crippen LogP contribution in [-0.2, 0) is 5.75 Å². The molecule has 2 rings (SSSR count). The zero-order chi connectivity index (χ0) is 13.8. The van der Waals surface area contributed by atoms with Crippen LogP contribution in [0, 0.1) is 5.41 Å². The summed E-state index contributed by atoms with van der Waals surface area (Å²) >= 11 is 11.2. The molecule has 1 heterocycles. The van der Waals surface area contributed by atoms with Gasteiger partial charge in [0.1, 0.15) is 10.9 Å². The summed E-state index contributed by atoms with van der Waals surface area (Å²) in [5.74, 6) is 0.737. The van der Waals surface area contributed by atoms with Crippen molar-refractivity contribution in [1.29, 1.82) is 5.41 Å². The van der Waals surface area contributed by atoms with Crippen molar-refractivity contribution in [2.45, 2.75) is 10.8 Å². The molecule has 0 saturated carbocycles. The van der Waals surface area contributed by atoms with Crippen LogP contribution in [0.5, 0.6) is 0 Å². The number of pyridine rings is 1. The number of benzene rings is 1. The molecular weight excluding hydrogens is 346 g/mol. The first-order valence-corrected chi connectivity index (χ1v) is 7.59. The van der Waals surface area contributed by atoms with Crippen LogP contribution in [0.4, 0.5) is 0 Å². The molecular formula is C13H11BrClN3S. The lowest BCUT2D eigenvalue weighted by atomic mass is 10.1. The molecule has 0 aliphatic rings. The zero-order valence-corrected chi connectivity index (χ0v) is 13.0. The molecule has 1 aromatic carbocycles. The lowest BCUT2D eigenvalue weighted by Crippen LogP contribution is -2.10. The minimum Gasteiger partial charge on any atom is -0.384 e. The average Bonchev–Trinajstić information content (AvgIpc) is 2.39. The van der Waals surface area contributed by atoms with Gasteiger partial charge in [0.2, 0.25) is 0 Å². The normalized spacial score (nSPS) is 10.4. The van der Waals surface area contributed by atoms with Gasteiger partial charge in [0.05, 0.1) is 0 Å². The third kappa shape index (κ3) is 3.72. The molecule has 0 unspecified atom stereocenters. The highest BCUT2D eigenvalue weighted by Crippen LogP contribution is 2.30. The molecule has 3 N–H and O–H groups in total. The van der Waals surface area contributed by atoms with Crippen LogP contribution >= 0.6 is 39.3 Å². The van der Waals surface area contributed by atoms with E-state index in [1.165, 1.54) is 0 Å². The Balaban J connectivity index is 2.12. The highest BCUT2D eigenvalue weighted by Gasteiger charge is 2.06. The van der Waals surface area contributed by atoms with Crippen LogP contribution in [0.1, 0.15) is 11.1 Å². The largest absolute Gasteiger partial charge is 0.384 e. The van der Waals surface area contributed by atoms with Crippen molar-refractivity contribution in [2.75, 3.05) is 0 Å². The Labute approximate surface area is 129 Å². The molecule has 0 atom stereocenters. The smallest absolute Gasteiger partial charge is 0.122 e. The van der Waals surface area contributed by atoms with Crippen LogP contribution in [0.25, 0.3) is 0 Å². The van der Waals surface area contributed by atoms with Crippen molar-refractivity contribution in [3.8, 4) is 0 Å². The molecule has 98 valence electrons. The Morgan fingerprint density at radius 3 is 2.84 bits per heavy atom. The number of nitrogens with one attached hydrogen (secondary N) is 1. The Morgan fingerprint density at radius 2 is 2.21 bits per heavy atom. The van der Waals surface area contributed by atoms with Gasteiger partial charge in [0.15, 0.2) is 0 Å². The van der Waals surface area contributed by atoms with Crippen molar-refractivity contribution in [3.63, 3.8) is 0 Å². The summed E-state index contributed by atoms with van der Waals surface area (Å²) in [6.07, 6.45) is 1.76. The highest BCUT2D eigenvalue weighted by atomic mass is 79.9. The van der Waals surface area contributed by atoms with Crippen molar-refractivity contribution < 1.29 is 0 Å². The van der Waals surface area contributed by atoms with Crippen molar-refractivity contribution in [2.24, 2.45) is 5.73 Å². The molecule has 0 aliphatic carbocycles. The number of nitrogens with zero attached hydrogens (tertiary/aromatic N) is 1. The molecule has 0 fully saturated rings. The maximum Gasteiger partial charge on any atom is 0.122 e. The van der Waals surface area contributed by atoms with Gasteiger partial charge in [-0.3, -0.25) is 5.41 Å². The minimum absolute atomic E-state index is 0.0218. The Kier molecular flexibility index (Phi) is 4.85. The van der Waals surface area contributed by atoms with E-state index in [1.54, 1.807) is 30.1 Å². The van der Waals surface area contributed by atoms with E-state index >= 15 is 0 Å². The third-order valence-electron chi connectivity index (χ3n) is 2.45. The summed E-state index contributed by atoms with van der Waals surface area (Å²) in [6.45, 7) is 0. The van der Waals surface area contributed by atoms with Crippen LogP contribution in [-0.4, -0.2) is 10.8 Å². The first-order chi connectivity index (χ1) is 9.08. The zero-order valence-electron chi connectivity index (χ0n) is 9.86. The monoisotopic (exact) mass is 355 g/mol. The fraction of sp³-hybridized carbons (Fsp3) is 0.0769. The molecule has 6 heteroatoms. The van der Waals surface area contributed by atoms with Crippen LogP contribution < -0.4 is 5.73 Å². The molecule has 0 radical (unpaired) electrons. The fourth-order valence-electron chi connectivity index (χ4n) is 1.46. The van der Waals surface area contributed by atoms with Gasteiger partial charge in [-0.05, 0) is 39.7 Å². The molecule has 19 heavy (non-hydrogen) atoms. The summed E-state index contributed by atoms with van der Waals surface area (Å²) in [7, 11) is 0. The number of hydrogen-bond acceptors (Lipinski definition) is 3. The first-order valence-electron chi connectivity index (χ1n) is 5.44. The molecule has 1 aromatic heterocycles. The lowest BCUT2D eigenvalue weighted by molar-refractivity contribution is 1.11. The summed E-state index contributed by atoms with van der Waals surface area (Å²) in [5.41, 5.74) is 7.05. The number of rotatable bonds is 4. The molecule has 3 nitrogen and oxygen atoms in total. The van der Waals surface area contributed by atoms with E-state index in [0.717, 1.165) is 15.1 Å². The van der Waals surface area contributed by atoms with Gasteiger partial charge in [-0.25, -0.2) is 4.98 Å². The quantitative estimate of drug-likeness (QED) is 0.493. The Morgan fingerprint density at radius 1 is 1.42 bits per heavy atom. The predicted molar refractivity (Wildman–Crippen MR) is 84.0 cm³/mol. The summed E-state index contributed by atoms with van der Waals surface area (Å²) < 4.78 is 0.969. The maximum atomic E-state index is 7.36. The predicted octanol–water partition coefficient (Wildman–Crippen LogP) is 4.07. The second kappa shape index (κ2) is 6.41. The second-order valence-corrected chi connectivity index (χ2v) is 6.02. The number of halogens is 2. The van der Waals surface area contributed by atoms with Crippen molar-refractivity contribution in [1.82, 2.24) is 4.98 Å². The van der Waals surface area contributed by atoms with Crippen LogP contribution in [0.3, 0.4) is 0 Å². The van der Waals surface area contributed by atoms with E-state index in [4.69, 9.17) is 22.7 Å². The highest BCUT2D eigenvalue weighted by molar-refractivity contribution is 9.10. The van der Waals surface area contributed by atoms with Crippen molar-refractivity contribution in [3.05, 3.63) is 57.2 Å². The third-order valence-corrected chi connectivity index (χ3v) is 4.76. The van der Waals surface area contributed by atoms with E-state index in [0.29, 0.717) is 16.3 Å². The van der Waals surface area contributed by atoms with Gasteiger partial charge < -0.3 is 5.73 Å². The SMILES string of the molecule is N=C(N)c1ccc(CSc2ncccc2Br)c(Cl)c1. The van der Waals surface area contributed by atoms with Crippen molar-refractivity contribution >= 4 is 45.1 Å². The van der Waals surface area contributed by atoms with Gasteiger partial charge in [-0.1, -0.05) is 23.7 Å². The molecule has 0 saturated heterocycles. The van der Waals surface area contributed by atoms with E-state index < -0.39 is 0 Å². The van der Waals surface area contributed by atoms with Crippen LogP contribution in [0.15, 0.2) is 46.0 Å². The minimum atomic E-state index is 0.0218. The second-order valence-electron chi connectivity index (χ2n) is 3.80. The van der Waals surface area contributed by atoms with Gasteiger partial charge in [0.25, 0.3) is 0 Å². The standard InChI is InChI=1S/C13H11BrClN3S/c14-10-2-1-5-18-13(10)19-7-9-4-3-8(12(16)17)6-11(9)15/h1-6H,7H2,(H3,16,17). The van der Waals surface area contributed by atoms with Gasteiger partial charge in [-0.2, -0.15) is 0 Å². The first kappa shape index (κ1) is 14.4. The number of nitrogens with two attached hydrogens (primary N) is 1. The van der Waals surface area contributed by atoms with E-state index in [2.05, 4.69) is 20.9 Å². The Hall–Kier alpha value is -1.04. The van der Waals surface area contributed by atoms with E-state index in [9.17, 15) is 0 Å².